The van der Waals surface area contributed by atoms with E-state index in [0.29, 0.717) is 5.57 Å². The van der Waals surface area contributed by atoms with Crippen molar-refractivity contribution in [3.8, 4) is 0 Å². The van der Waals surface area contributed by atoms with Crippen molar-refractivity contribution >= 4 is 14.2 Å². The summed E-state index contributed by atoms with van der Waals surface area (Å²) in [6.45, 7) is 10.5. The van der Waals surface area contributed by atoms with Crippen molar-refractivity contribution in [2.45, 2.75) is 38.9 Å². The molecule has 0 heterocycles. The number of amides is 1. The molecule has 0 rings (SSSR count). The molecule has 0 aliphatic rings. The molecule has 0 unspecified atom stereocenters. The summed E-state index contributed by atoms with van der Waals surface area (Å²) >= 11 is 0. The van der Waals surface area contributed by atoms with E-state index in [1.165, 1.54) is 0 Å². The second-order valence-electron chi connectivity index (χ2n) is 4.46. The molecule has 0 spiro atoms. The lowest BCUT2D eigenvalue weighted by atomic mass is 10.3. The molecule has 0 saturated heterocycles. The van der Waals surface area contributed by atoms with E-state index >= 15 is 0 Å². The zero-order valence-corrected chi connectivity index (χ0v) is 11.4. The Balaban J connectivity index is 3.48. The summed E-state index contributed by atoms with van der Waals surface area (Å²) in [5.74, 6) is -0.0433. The SMILES string of the molecule is C=C(C)C(=O)NCCCC[Si](C)(C)OC. The van der Waals surface area contributed by atoms with Crippen molar-refractivity contribution in [3.05, 3.63) is 12.2 Å². The average molecular weight is 229 g/mol. The summed E-state index contributed by atoms with van der Waals surface area (Å²) in [5, 5.41) is 2.82. The second kappa shape index (κ2) is 6.79. The Hall–Kier alpha value is -0.613. The van der Waals surface area contributed by atoms with Crippen LogP contribution < -0.4 is 5.32 Å². The Morgan fingerprint density at radius 2 is 2.00 bits per heavy atom. The maximum absolute atomic E-state index is 11.1. The first kappa shape index (κ1) is 14.4. The molecule has 4 heteroatoms. The first-order chi connectivity index (χ1) is 6.89. The topological polar surface area (TPSA) is 38.3 Å². The highest BCUT2D eigenvalue weighted by Crippen LogP contribution is 2.13. The zero-order chi connectivity index (χ0) is 11.9. The van der Waals surface area contributed by atoms with Crippen LogP contribution in [0.15, 0.2) is 12.2 Å². The first-order valence-corrected chi connectivity index (χ1v) is 8.49. The van der Waals surface area contributed by atoms with Crippen LogP contribution in [0.2, 0.25) is 19.1 Å². The van der Waals surface area contributed by atoms with Gasteiger partial charge in [-0.2, -0.15) is 0 Å². The Morgan fingerprint density at radius 3 is 2.47 bits per heavy atom. The molecule has 1 amide bonds. The van der Waals surface area contributed by atoms with Gasteiger partial charge in [-0.15, -0.1) is 0 Å². The molecule has 0 aromatic heterocycles. The highest BCUT2D eigenvalue weighted by atomic mass is 28.4. The van der Waals surface area contributed by atoms with Crippen molar-refractivity contribution in [1.29, 1.82) is 0 Å². The van der Waals surface area contributed by atoms with Gasteiger partial charge >= 0.3 is 0 Å². The van der Waals surface area contributed by atoms with Crippen molar-refractivity contribution in [2.75, 3.05) is 13.7 Å². The number of unbranched alkanes of at least 4 members (excludes halogenated alkanes) is 1. The third-order valence-electron chi connectivity index (χ3n) is 2.43. The quantitative estimate of drug-likeness (QED) is 0.413. The van der Waals surface area contributed by atoms with Crippen LogP contribution in [0.1, 0.15) is 19.8 Å². The van der Waals surface area contributed by atoms with Gasteiger partial charge < -0.3 is 9.74 Å². The minimum Gasteiger partial charge on any atom is -0.420 e. The van der Waals surface area contributed by atoms with Crippen LogP contribution in [0, 0.1) is 0 Å². The van der Waals surface area contributed by atoms with Gasteiger partial charge in [0, 0.05) is 19.2 Å². The van der Waals surface area contributed by atoms with Gasteiger partial charge in [0.1, 0.15) is 0 Å². The summed E-state index contributed by atoms with van der Waals surface area (Å²) < 4.78 is 5.44. The largest absolute Gasteiger partial charge is 0.420 e. The minimum atomic E-state index is -1.41. The first-order valence-electron chi connectivity index (χ1n) is 5.38. The summed E-state index contributed by atoms with van der Waals surface area (Å²) in [7, 11) is 0.380. The predicted octanol–water partition coefficient (Wildman–Crippen LogP) is 2.31. The number of nitrogens with one attached hydrogen (secondary N) is 1. The lowest BCUT2D eigenvalue weighted by molar-refractivity contribution is -0.117. The van der Waals surface area contributed by atoms with Gasteiger partial charge in [0.25, 0.3) is 0 Å². The van der Waals surface area contributed by atoms with Crippen molar-refractivity contribution in [3.63, 3.8) is 0 Å². The van der Waals surface area contributed by atoms with Crippen LogP contribution in [-0.4, -0.2) is 27.9 Å². The van der Waals surface area contributed by atoms with Crippen LogP contribution in [0.4, 0.5) is 0 Å². The number of hydrogen-bond acceptors (Lipinski definition) is 2. The van der Waals surface area contributed by atoms with Gasteiger partial charge in [-0.3, -0.25) is 4.79 Å². The van der Waals surface area contributed by atoms with E-state index in [1.807, 2.05) is 0 Å². The Morgan fingerprint density at radius 1 is 1.40 bits per heavy atom. The molecule has 0 radical (unpaired) electrons. The summed E-state index contributed by atoms with van der Waals surface area (Å²) in [6.07, 6.45) is 2.13. The molecule has 1 N–H and O–H groups in total. The average Bonchev–Trinajstić information content (AvgIpc) is 2.16. The van der Waals surface area contributed by atoms with Crippen LogP contribution in [-0.2, 0) is 9.22 Å². The van der Waals surface area contributed by atoms with Crippen molar-refractivity contribution in [2.24, 2.45) is 0 Å². The van der Waals surface area contributed by atoms with Crippen molar-refractivity contribution in [1.82, 2.24) is 5.32 Å². The van der Waals surface area contributed by atoms with E-state index < -0.39 is 8.32 Å². The fourth-order valence-corrected chi connectivity index (χ4v) is 2.44. The second-order valence-corrected chi connectivity index (χ2v) is 8.88. The normalized spacial score (nSPS) is 11.2. The highest BCUT2D eigenvalue weighted by molar-refractivity contribution is 6.71. The van der Waals surface area contributed by atoms with Crippen LogP contribution in [0.5, 0.6) is 0 Å². The molecular weight excluding hydrogens is 206 g/mol. The molecule has 3 nitrogen and oxygen atoms in total. The molecular formula is C11H23NO2Si. The molecule has 0 aliphatic heterocycles. The maximum atomic E-state index is 11.1. The maximum Gasteiger partial charge on any atom is 0.246 e. The summed E-state index contributed by atoms with van der Waals surface area (Å²) in [4.78, 5) is 11.1. The van der Waals surface area contributed by atoms with Crippen LogP contribution >= 0.6 is 0 Å². The van der Waals surface area contributed by atoms with Gasteiger partial charge in [-0.05, 0) is 32.5 Å². The smallest absolute Gasteiger partial charge is 0.246 e. The number of carbonyl (C=O) groups excluding carboxylic acids is 1. The van der Waals surface area contributed by atoms with Crippen molar-refractivity contribution < 1.29 is 9.22 Å². The highest BCUT2D eigenvalue weighted by Gasteiger charge is 2.19. The third-order valence-corrected chi connectivity index (χ3v) is 5.09. The minimum absolute atomic E-state index is 0.0433. The molecule has 88 valence electrons. The number of carbonyl (C=O) groups is 1. The van der Waals surface area contributed by atoms with Gasteiger partial charge in [0.05, 0.1) is 0 Å². The third kappa shape index (κ3) is 7.33. The van der Waals surface area contributed by atoms with Gasteiger partial charge in [-0.25, -0.2) is 0 Å². The monoisotopic (exact) mass is 229 g/mol. The number of rotatable bonds is 7. The standard InChI is InChI=1S/C11H23NO2Si/c1-10(2)11(13)12-8-6-7-9-15(4,5)14-3/h1,6-9H2,2-5H3,(H,12,13). The van der Waals surface area contributed by atoms with Gasteiger partial charge in [-0.1, -0.05) is 13.0 Å². The summed E-state index contributed by atoms with van der Waals surface area (Å²) in [6, 6.07) is 1.15. The fourth-order valence-electron chi connectivity index (χ4n) is 1.13. The van der Waals surface area contributed by atoms with Crippen LogP contribution in [0.25, 0.3) is 0 Å². The van der Waals surface area contributed by atoms with E-state index in [2.05, 4.69) is 25.0 Å². The van der Waals surface area contributed by atoms with E-state index in [4.69, 9.17) is 4.43 Å². The summed E-state index contributed by atoms with van der Waals surface area (Å²) in [5.41, 5.74) is 0.571. The molecule has 0 bridgehead atoms. The molecule has 0 aliphatic carbocycles. The van der Waals surface area contributed by atoms with Gasteiger partial charge in [0.15, 0.2) is 8.32 Å². The Bertz CT molecular complexity index is 227. The van der Waals surface area contributed by atoms with E-state index in [1.54, 1.807) is 14.0 Å². The Kier molecular flexibility index (Phi) is 6.52. The number of hydrogen-bond donors (Lipinski definition) is 1. The molecule has 0 aromatic carbocycles. The fraction of sp³-hybridized carbons (Fsp3) is 0.727. The van der Waals surface area contributed by atoms with Gasteiger partial charge in [0.2, 0.25) is 5.91 Å². The van der Waals surface area contributed by atoms with E-state index in [-0.39, 0.29) is 5.91 Å². The van der Waals surface area contributed by atoms with E-state index in [9.17, 15) is 4.79 Å². The van der Waals surface area contributed by atoms with E-state index in [0.717, 1.165) is 25.4 Å². The van der Waals surface area contributed by atoms with Crippen LogP contribution in [0.3, 0.4) is 0 Å². The lowest BCUT2D eigenvalue weighted by Crippen LogP contribution is -2.29. The Labute approximate surface area is 94.0 Å². The molecule has 0 atom stereocenters. The molecule has 0 aromatic rings. The molecule has 0 fully saturated rings. The molecule has 15 heavy (non-hydrogen) atoms. The molecule has 0 saturated carbocycles. The lowest BCUT2D eigenvalue weighted by Gasteiger charge is -2.19. The zero-order valence-electron chi connectivity index (χ0n) is 10.4. The predicted molar refractivity (Wildman–Crippen MR) is 66.4 cm³/mol.